The Morgan fingerprint density at radius 3 is 2.74 bits per heavy atom. The van der Waals surface area contributed by atoms with Gasteiger partial charge >= 0.3 is 0 Å². The summed E-state index contributed by atoms with van der Waals surface area (Å²) < 4.78 is 32.6. The van der Waals surface area contributed by atoms with E-state index in [1.165, 1.54) is 30.2 Å². The minimum Gasteiger partial charge on any atom is -0.459 e. The summed E-state index contributed by atoms with van der Waals surface area (Å²) in [5.74, 6) is -1.51. The van der Waals surface area contributed by atoms with Gasteiger partial charge in [-0.1, -0.05) is 6.07 Å². The second kappa shape index (κ2) is 8.12. The Balaban J connectivity index is 1.76. The van der Waals surface area contributed by atoms with Crippen LogP contribution < -0.4 is 0 Å². The average molecular weight is 394 g/mol. The fourth-order valence-corrected chi connectivity index (χ4v) is 4.36. The molecule has 2 heterocycles. The number of benzene rings is 1. The number of hydrogen-bond acceptors (Lipinski definition) is 4. The summed E-state index contributed by atoms with van der Waals surface area (Å²) in [6.07, 6.45) is 1.43. The van der Waals surface area contributed by atoms with Crippen LogP contribution in [-0.2, 0) is 4.79 Å². The van der Waals surface area contributed by atoms with E-state index in [-0.39, 0.29) is 41.5 Å². The molecular weight excluding hydrogens is 374 g/mol. The maximum absolute atomic E-state index is 14.2. The Hall–Kier alpha value is -2.35. The van der Waals surface area contributed by atoms with Gasteiger partial charge in [0.2, 0.25) is 5.91 Å². The lowest BCUT2D eigenvalue weighted by atomic mass is 10.2. The first kappa shape index (κ1) is 19.4. The molecule has 1 aromatic heterocycles. The minimum atomic E-state index is -0.682. The van der Waals surface area contributed by atoms with Gasteiger partial charge in [-0.2, -0.15) is 0 Å². The molecule has 0 spiro atoms. The van der Waals surface area contributed by atoms with Gasteiger partial charge in [0.25, 0.3) is 5.91 Å². The molecule has 0 N–H and O–H groups in total. The number of halogens is 2. The number of nitrogens with zero attached hydrogens (tertiary/aromatic N) is 2. The van der Waals surface area contributed by atoms with Crippen LogP contribution in [-0.4, -0.2) is 46.5 Å². The van der Waals surface area contributed by atoms with Crippen molar-refractivity contribution in [2.45, 2.75) is 24.5 Å². The number of hydrogen-bond donors (Lipinski definition) is 0. The standard InChI is InChI=1S/C19H20F2N2O3S/c1-3-22(18(25)16-5-4-10-26-16)8-9-23-17(24)12(2)27-19(23)14-7-6-13(20)11-15(14)21/h4-7,10-12,19H,3,8-9H2,1-2H3/t12-,19-/m0/s1. The largest absolute Gasteiger partial charge is 0.459 e. The maximum Gasteiger partial charge on any atom is 0.289 e. The number of carbonyl (C=O) groups is 2. The molecule has 0 aliphatic carbocycles. The molecule has 144 valence electrons. The summed E-state index contributed by atoms with van der Waals surface area (Å²) in [5.41, 5.74) is 0.263. The monoisotopic (exact) mass is 394 g/mol. The molecule has 3 rings (SSSR count). The van der Waals surface area contributed by atoms with Crippen molar-refractivity contribution < 1.29 is 22.8 Å². The van der Waals surface area contributed by atoms with Crippen LogP contribution in [0.15, 0.2) is 41.0 Å². The molecule has 1 aliphatic heterocycles. The van der Waals surface area contributed by atoms with Crippen molar-refractivity contribution in [3.05, 3.63) is 59.6 Å². The first-order chi connectivity index (χ1) is 12.9. The molecule has 2 atom stereocenters. The highest BCUT2D eigenvalue weighted by Gasteiger charge is 2.39. The summed E-state index contributed by atoms with van der Waals surface area (Å²) in [4.78, 5) is 28.1. The fourth-order valence-electron chi connectivity index (χ4n) is 3.03. The van der Waals surface area contributed by atoms with E-state index in [4.69, 9.17) is 4.42 Å². The van der Waals surface area contributed by atoms with Crippen molar-refractivity contribution in [3.8, 4) is 0 Å². The summed E-state index contributed by atoms with van der Waals surface area (Å²) >= 11 is 1.31. The Morgan fingerprint density at radius 1 is 1.33 bits per heavy atom. The van der Waals surface area contributed by atoms with Gasteiger partial charge in [0.05, 0.1) is 11.5 Å². The van der Waals surface area contributed by atoms with Crippen LogP contribution >= 0.6 is 11.8 Å². The Labute approximate surface area is 160 Å². The van der Waals surface area contributed by atoms with E-state index in [0.29, 0.717) is 6.54 Å². The van der Waals surface area contributed by atoms with Crippen LogP contribution in [0.1, 0.15) is 35.3 Å². The number of rotatable bonds is 6. The van der Waals surface area contributed by atoms with Gasteiger partial charge in [-0.05, 0) is 32.0 Å². The number of thioether (sulfide) groups is 1. The van der Waals surface area contributed by atoms with Crippen molar-refractivity contribution in [2.75, 3.05) is 19.6 Å². The molecule has 1 saturated heterocycles. The van der Waals surface area contributed by atoms with Gasteiger partial charge in [-0.15, -0.1) is 11.8 Å². The predicted octanol–water partition coefficient (Wildman–Crippen LogP) is 3.68. The van der Waals surface area contributed by atoms with Crippen molar-refractivity contribution >= 4 is 23.6 Å². The molecule has 5 nitrogen and oxygen atoms in total. The molecule has 2 amide bonds. The molecule has 27 heavy (non-hydrogen) atoms. The van der Waals surface area contributed by atoms with Crippen molar-refractivity contribution in [1.29, 1.82) is 0 Å². The van der Waals surface area contributed by atoms with Crippen molar-refractivity contribution in [3.63, 3.8) is 0 Å². The molecule has 8 heteroatoms. The van der Waals surface area contributed by atoms with E-state index in [0.717, 1.165) is 6.07 Å². The molecule has 0 unspecified atom stereocenters. The quantitative estimate of drug-likeness (QED) is 0.750. The Bertz CT molecular complexity index is 828. The highest BCUT2D eigenvalue weighted by Crippen LogP contribution is 2.43. The van der Waals surface area contributed by atoms with Crippen LogP contribution in [0.2, 0.25) is 0 Å². The zero-order valence-electron chi connectivity index (χ0n) is 15.0. The van der Waals surface area contributed by atoms with E-state index in [1.807, 2.05) is 6.92 Å². The van der Waals surface area contributed by atoms with E-state index in [9.17, 15) is 18.4 Å². The van der Waals surface area contributed by atoms with Gasteiger partial charge in [0, 0.05) is 31.3 Å². The second-order valence-electron chi connectivity index (χ2n) is 6.19. The zero-order chi connectivity index (χ0) is 19.6. The smallest absolute Gasteiger partial charge is 0.289 e. The molecule has 0 radical (unpaired) electrons. The van der Waals surface area contributed by atoms with E-state index >= 15 is 0 Å². The lowest BCUT2D eigenvalue weighted by Crippen LogP contribution is -2.40. The van der Waals surface area contributed by atoms with Gasteiger partial charge < -0.3 is 14.2 Å². The molecular formula is C19H20F2N2O3S. The highest BCUT2D eigenvalue weighted by atomic mass is 32.2. The highest BCUT2D eigenvalue weighted by molar-refractivity contribution is 8.01. The van der Waals surface area contributed by atoms with Crippen LogP contribution in [0.3, 0.4) is 0 Å². The molecule has 1 aliphatic rings. The summed E-state index contributed by atoms with van der Waals surface area (Å²) in [6, 6.07) is 6.59. The van der Waals surface area contributed by atoms with E-state index in [2.05, 4.69) is 0 Å². The normalized spacial score (nSPS) is 19.6. The van der Waals surface area contributed by atoms with Crippen molar-refractivity contribution in [2.24, 2.45) is 0 Å². The van der Waals surface area contributed by atoms with Crippen LogP contribution in [0.25, 0.3) is 0 Å². The average Bonchev–Trinajstić information content (AvgIpc) is 3.26. The Morgan fingerprint density at radius 2 is 2.11 bits per heavy atom. The maximum atomic E-state index is 14.2. The van der Waals surface area contributed by atoms with E-state index in [1.54, 1.807) is 28.9 Å². The lowest BCUT2D eigenvalue weighted by molar-refractivity contribution is -0.130. The lowest BCUT2D eigenvalue weighted by Gasteiger charge is -2.28. The van der Waals surface area contributed by atoms with Crippen LogP contribution in [0, 0.1) is 11.6 Å². The number of amides is 2. The van der Waals surface area contributed by atoms with Gasteiger partial charge in [-0.25, -0.2) is 8.78 Å². The topological polar surface area (TPSA) is 53.8 Å². The number of furan rings is 1. The van der Waals surface area contributed by atoms with Gasteiger partial charge in [0.1, 0.15) is 17.0 Å². The van der Waals surface area contributed by atoms with Gasteiger partial charge in [0.15, 0.2) is 5.76 Å². The molecule has 2 aromatic rings. The number of likely N-dealkylation sites (N-methyl/N-ethyl adjacent to an activating group) is 1. The third-order valence-electron chi connectivity index (χ3n) is 4.49. The van der Waals surface area contributed by atoms with Crippen LogP contribution in [0.5, 0.6) is 0 Å². The Kier molecular flexibility index (Phi) is 5.84. The molecule has 0 saturated carbocycles. The van der Waals surface area contributed by atoms with Crippen molar-refractivity contribution in [1.82, 2.24) is 9.80 Å². The third-order valence-corrected chi connectivity index (χ3v) is 5.86. The summed E-state index contributed by atoms with van der Waals surface area (Å²) in [7, 11) is 0. The summed E-state index contributed by atoms with van der Waals surface area (Å²) in [6.45, 7) is 4.57. The third kappa shape index (κ3) is 4.00. The summed E-state index contributed by atoms with van der Waals surface area (Å²) in [5, 5.41) is -0.888. The molecule has 1 fully saturated rings. The molecule has 1 aromatic carbocycles. The first-order valence-corrected chi connectivity index (χ1v) is 9.60. The SMILES string of the molecule is CCN(CCN1C(=O)[C@H](C)S[C@H]1c1ccc(F)cc1F)C(=O)c1ccco1. The minimum absolute atomic E-state index is 0.129. The second-order valence-corrected chi connectivity index (χ2v) is 7.62. The van der Waals surface area contributed by atoms with E-state index < -0.39 is 17.0 Å². The first-order valence-electron chi connectivity index (χ1n) is 8.66. The van der Waals surface area contributed by atoms with Crippen LogP contribution in [0.4, 0.5) is 8.78 Å². The predicted molar refractivity (Wildman–Crippen MR) is 98.2 cm³/mol. The fraction of sp³-hybridized carbons (Fsp3) is 0.368. The zero-order valence-corrected chi connectivity index (χ0v) is 15.8. The molecule has 0 bridgehead atoms. The van der Waals surface area contributed by atoms with Gasteiger partial charge in [-0.3, -0.25) is 9.59 Å². The number of carbonyl (C=O) groups excluding carboxylic acids is 2.